The summed E-state index contributed by atoms with van der Waals surface area (Å²) in [6.07, 6.45) is 1.90. The fourth-order valence-corrected chi connectivity index (χ4v) is 2.73. The highest BCUT2D eigenvalue weighted by atomic mass is 16.6. The zero-order valence-corrected chi connectivity index (χ0v) is 12.4. The zero-order valence-electron chi connectivity index (χ0n) is 12.4. The van der Waals surface area contributed by atoms with Crippen LogP contribution in [-0.2, 0) is 4.79 Å². The summed E-state index contributed by atoms with van der Waals surface area (Å²) >= 11 is 0. The maximum Gasteiger partial charge on any atom is 0.269 e. The Bertz CT molecular complexity index is 527. The molecule has 1 amide bonds. The second-order valence-electron chi connectivity index (χ2n) is 5.50. The highest BCUT2D eigenvalue weighted by Gasteiger charge is 2.26. The molecule has 2 rings (SSSR count). The molecule has 114 valence electrons. The van der Waals surface area contributed by atoms with Crippen molar-refractivity contribution in [3.63, 3.8) is 0 Å². The molecule has 1 aromatic rings. The van der Waals surface area contributed by atoms with E-state index in [1.54, 1.807) is 24.0 Å². The lowest BCUT2D eigenvalue weighted by molar-refractivity contribution is -0.384. The smallest absolute Gasteiger partial charge is 0.269 e. The number of non-ortho nitro benzene ring substituents is 1. The molecule has 0 saturated carbocycles. The first-order chi connectivity index (χ1) is 10.0. The first-order valence-electron chi connectivity index (χ1n) is 7.22. The maximum absolute atomic E-state index is 12.6. The molecule has 0 bridgehead atoms. The van der Waals surface area contributed by atoms with Gasteiger partial charge < -0.3 is 10.2 Å². The fraction of sp³-hybridized carbons (Fsp3) is 0.533. The van der Waals surface area contributed by atoms with Gasteiger partial charge in [-0.3, -0.25) is 14.9 Å². The standard InChI is InChI=1S/C15H21N3O3/c1-11(12-4-3-5-14(10-12)18(20)21)15(19)17(2)13-6-8-16-9-7-13/h3-5,10-11,13,16H,6-9H2,1-2H3. The molecule has 1 N–H and O–H groups in total. The third-order valence-corrected chi connectivity index (χ3v) is 4.16. The minimum Gasteiger partial charge on any atom is -0.342 e. The molecule has 6 heteroatoms. The molecule has 1 heterocycles. The Balaban J connectivity index is 2.10. The number of rotatable bonds is 4. The Morgan fingerprint density at radius 1 is 1.43 bits per heavy atom. The van der Waals surface area contributed by atoms with E-state index in [1.807, 2.05) is 7.05 Å². The van der Waals surface area contributed by atoms with E-state index in [0.29, 0.717) is 5.56 Å². The lowest BCUT2D eigenvalue weighted by Gasteiger charge is -2.33. The van der Waals surface area contributed by atoms with Crippen LogP contribution in [0, 0.1) is 10.1 Å². The normalized spacial score (nSPS) is 17.2. The predicted molar refractivity (Wildman–Crippen MR) is 80.2 cm³/mol. The molecule has 21 heavy (non-hydrogen) atoms. The van der Waals surface area contributed by atoms with Gasteiger partial charge in [0, 0.05) is 25.2 Å². The summed E-state index contributed by atoms with van der Waals surface area (Å²) in [4.78, 5) is 24.8. The molecular weight excluding hydrogens is 270 g/mol. The number of hydrogen-bond acceptors (Lipinski definition) is 4. The van der Waals surface area contributed by atoms with Crippen LogP contribution in [0.15, 0.2) is 24.3 Å². The van der Waals surface area contributed by atoms with Crippen molar-refractivity contribution in [2.45, 2.75) is 31.7 Å². The highest BCUT2D eigenvalue weighted by molar-refractivity contribution is 5.83. The van der Waals surface area contributed by atoms with E-state index in [2.05, 4.69) is 5.32 Å². The number of nitro groups is 1. The number of likely N-dealkylation sites (N-methyl/N-ethyl adjacent to an activating group) is 1. The van der Waals surface area contributed by atoms with Gasteiger partial charge in [-0.05, 0) is 38.4 Å². The number of piperidine rings is 1. The quantitative estimate of drug-likeness (QED) is 0.679. The number of amides is 1. The average Bonchev–Trinajstić information content (AvgIpc) is 2.53. The van der Waals surface area contributed by atoms with Crippen molar-refractivity contribution in [2.75, 3.05) is 20.1 Å². The number of benzene rings is 1. The van der Waals surface area contributed by atoms with Crippen molar-refractivity contribution in [2.24, 2.45) is 0 Å². The van der Waals surface area contributed by atoms with Gasteiger partial charge >= 0.3 is 0 Å². The van der Waals surface area contributed by atoms with Crippen molar-refractivity contribution in [1.82, 2.24) is 10.2 Å². The zero-order chi connectivity index (χ0) is 15.4. The largest absolute Gasteiger partial charge is 0.342 e. The van der Waals surface area contributed by atoms with Gasteiger partial charge in [0.25, 0.3) is 5.69 Å². The number of nitrogens with zero attached hydrogens (tertiary/aromatic N) is 2. The Kier molecular flexibility index (Phi) is 4.90. The van der Waals surface area contributed by atoms with Crippen LogP contribution in [-0.4, -0.2) is 41.9 Å². The molecule has 1 unspecified atom stereocenters. The van der Waals surface area contributed by atoms with E-state index in [1.165, 1.54) is 12.1 Å². The SMILES string of the molecule is CC(C(=O)N(C)C1CCNCC1)c1cccc([N+](=O)[O-])c1. The van der Waals surface area contributed by atoms with Gasteiger partial charge in [0.05, 0.1) is 10.8 Å². The van der Waals surface area contributed by atoms with Gasteiger partial charge in [0.2, 0.25) is 5.91 Å². The van der Waals surface area contributed by atoms with Crippen molar-refractivity contribution in [3.05, 3.63) is 39.9 Å². The van der Waals surface area contributed by atoms with E-state index in [0.717, 1.165) is 25.9 Å². The lowest BCUT2D eigenvalue weighted by Crippen LogP contribution is -2.45. The molecule has 1 atom stereocenters. The van der Waals surface area contributed by atoms with Crippen LogP contribution < -0.4 is 5.32 Å². The molecule has 0 aromatic heterocycles. The molecule has 1 aliphatic rings. The van der Waals surface area contributed by atoms with E-state index in [9.17, 15) is 14.9 Å². The lowest BCUT2D eigenvalue weighted by atomic mass is 9.97. The summed E-state index contributed by atoms with van der Waals surface area (Å²) in [5.74, 6) is -0.354. The van der Waals surface area contributed by atoms with E-state index in [4.69, 9.17) is 0 Å². The molecule has 0 radical (unpaired) electrons. The minimum absolute atomic E-state index is 0.0161. The molecule has 6 nitrogen and oxygen atoms in total. The Morgan fingerprint density at radius 3 is 2.71 bits per heavy atom. The van der Waals surface area contributed by atoms with E-state index < -0.39 is 4.92 Å². The first kappa shape index (κ1) is 15.4. The van der Waals surface area contributed by atoms with Crippen molar-refractivity contribution >= 4 is 11.6 Å². The van der Waals surface area contributed by atoms with E-state index >= 15 is 0 Å². The van der Waals surface area contributed by atoms with Crippen molar-refractivity contribution in [1.29, 1.82) is 0 Å². The Labute approximate surface area is 124 Å². The number of hydrogen-bond donors (Lipinski definition) is 1. The number of carbonyl (C=O) groups excluding carboxylic acids is 1. The average molecular weight is 291 g/mol. The third-order valence-electron chi connectivity index (χ3n) is 4.16. The van der Waals surface area contributed by atoms with Crippen molar-refractivity contribution < 1.29 is 9.72 Å². The summed E-state index contributed by atoms with van der Waals surface area (Å²) in [5, 5.41) is 14.1. The fourth-order valence-electron chi connectivity index (χ4n) is 2.73. The van der Waals surface area contributed by atoms with Crippen LogP contribution in [0.2, 0.25) is 0 Å². The van der Waals surface area contributed by atoms with Crippen LogP contribution >= 0.6 is 0 Å². The Hall–Kier alpha value is -1.95. The van der Waals surface area contributed by atoms with Crippen LogP contribution in [0.4, 0.5) is 5.69 Å². The van der Waals surface area contributed by atoms with Gasteiger partial charge in [-0.1, -0.05) is 12.1 Å². The van der Waals surface area contributed by atoms with Gasteiger partial charge in [0.1, 0.15) is 0 Å². The first-order valence-corrected chi connectivity index (χ1v) is 7.22. The highest BCUT2D eigenvalue weighted by Crippen LogP contribution is 2.24. The number of nitrogens with one attached hydrogen (secondary N) is 1. The van der Waals surface area contributed by atoms with Crippen LogP contribution in [0.5, 0.6) is 0 Å². The summed E-state index contributed by atoms with van der Waals surface area (Å²) in [6, 6.07) is 6.57. The summed E-state index contributed by atoms with van der Waals surface area (Å²) in [6.45, 7) is 3.65. The monoisotopic (exact) mass is 291 g/mol. The van der Waals surface area contributed by atoms with Gasteiger partial charge in [-0.2, -0.15) is 0 Å². The number of carbonyl (C=O) groups is 1. The van der Waals surface area contributed by atoms with Crippen LogP contribution in [0.25, 0.3) is 0 Å². The predicted octanol–water partition coefficient (Wildman–Crippen LogP) is 1.91. The molecule has 0 spiro atoms. The van der Waals surface area contributed by atoms with E-state index in [-0.39, 0.29) is 23.6 Å². The minimum atomic E-state index is -0.433. The molecule has 1 fully saturated rings. The second-order valence-corrected chi connectivity index (χ2v) is 5.50. The molecule has 1 aliphatic heterocycles. The third kappa shape index (κ3) is 3.58. The molecule has 0 aliphatic carbocycles. The summed E-state index contributed by atoms with van der Waals surface area (Å²) in [7, 11) is 1.83. The van der Waals surface area contributed by atoms with Crippen LogP contribution in [0.3, 0.4) is 0 Å². The van der Waals surface area contributed by atoms with Crippen LogP contribution in [0.1, 0.15) is 31.2 Å². The maximum atomic E-state index is 12.6. The second kappa shape index (κ2) is 6.67. The van der Waals surface area contributed by atoms with Gasteiger partial charge in [0.15, 0.2) is 0 Å². The molecule has 1 saturated heterocycles. The Morgan fingerprint density at radius 2 is 2.10 bits per heavy atom. The topological polar surface area (TPSA) is 75.5 Å². The summed E-state index contributed by atoms with van der Waals surface area (Å²) in [5.41, 5.74) is 0.714. The van der Waals surface area contributed by atoms with Gasteiger partial charge in [-0.15, -0.1) is 0 Å². The molecular formula is C15H21N3O3. The summed E-state index contributed by atoms with van der Waals surface area (Å²) < 4.78 is 0. The number of nitro benzene ring substituents is 1. The van der Waals surface area contributed by atoms with Gasteiger partial charge in [-0.25, -0.2) is 0 Å². The van der Waals surface area contributed by atoms with Crippen molar-refractivity contribution in [3.8, 4) is 0 Å². The molecule has 1 aromatic carbocycles.